The van der Waals surface area contributed by atoms with Gasteiger partial charge in [0.2, 0.25) is 0 Å². The average Bonchev–Trinajstić information content (AvgIpc) is 2.80. The molecule has 34 heavy (non-hydrogen) atoms. The van der Waals surface area contributed by atoms with Crippen LogP contribution in [0, 0.1) is 6.92 Å². The lowest BCUT2D eigenvalue weighted by Crippen LogP contribution is -2.42. The van der Waals surface area contributed by atoms with Crippen LogP contribution in [0.4, 0.5) is 5.69 Å². The minimum absolute atomic E-state index is 0.00960. The van der Waals surface area contributed by atoms with Gasteiger partial charge in [0.25, 0.3) is 5.91 Å². The Kier molecular flexibility index (Phi) is 8.90. The van der Waals surface area contributed by atoms with Crippen LogP contribution in [-0.4, -0.2) is 55.6 Å². The number of amides is 1. The first-order valence-corrected chi connectivity index (χ1v) is 12.4. The minimum Gasteiger partial charge on any atom is -0.482 e. The second-order valence-electron chi connectivity index (χ2n) is 8.99. The smallest absolute Gasteiger partial charge is 0.251 e. The normalized spacial score (nSPS) is 18.1. The van der Waals surface area contributed by atoms with E-state index in [1.54, 1.807) is 6.07 Å². The van der Waals surface area contributed by atoms with E-state index in [0.717, 1.165) is 43.5 Å². The Labute approximate surface area is 211 Å². The van der Waals surface area contributed by atoms with Crippen LogP contribution in [0.2, 0.25) is 10.2 Å². The Balaban J connectivity index is 1.81. The molecule has 0 saturated heterocycles. The van der Waals surface area contributed by atoms with Crippen molar-refractivity contribution in [1.82, 2.24) is 15.2 Å². The summed E-state index contributed by atoms with van der Waals surface area (Å²) in [6.07, 6.45) is 4.50. The van der Waals surface area contributed by atoms with Crippen molar-refractivity contribution in [2.45, 2.75) is 58.2 Å². The summed E-state index contributed by atoms with van der Waals surface area (Å²) in [5.74, 6) is -0.0421. The number of pyridine rings is 1. The number of nitrogens with one attached hydrogen (secondary N) is 2. The van der Waals surface area contributed by atoms with Gasteiger partial charge in [0.15, 0.2) is 11.3 Å². The van der Waals surface area contributed by atoms with E-state index in [4.69, 9.17) is 27.9 Å². The maximum Gasteiger partial charge on any atom is 0.251 e. The van der Waals surface area contributed by atoms with Gasteiger partial charge in [0.05, 0.1) is 12.7 Å². The highest BCUT2D eigenvalue weighted by Crippen LogP contribution is 2.34. The second-order valence-corrected chi connectivity index (χ2v) is 9.80. The Hall–Kier alpha value is -2.22. The van der Waals surface area contributed by atoms with Crippen molar-refractivity contribution in [3.05, 3.63) is 55.3 Å². The number of aromatic amines is 1. The van der Waals surface area contributed by atoms with Gasteiger partial charge in [-0.3, -0.25) is 9.59 Å². The average molecular weight is 509 g/mol. The number of benzene rings is 1. The molecule has 1 aliphatic carbocycles. The molecule has 1 aromatic heterocycles. The van der Waals surface area contributed by atoms with E-state index in [-0.39, 0.29) is 34.5 Å². The largest absolute Gasteiger partial charge is 0.482 e. The number of nitrogens with zero attached hydrogens (tertiary/aromatic N) is 2. The Morgan fingerprint density at radius 2 is 1.79 bits per heavy atom. The van der Waals surface area contributed by atoms with Crippen LogP contribution in [0.25, 0.3) is 0 Å². The predicted molar refractivity (Wildman–Crippen MR) is 139 cm³/mol. The predicted octanol–water partition coefficient (Wildman–Crippen LogP) is 4.63. The molecule has 1 saturated carbocycles. The quantitative estimate of drug-likeness (QED) is 0.508. The fourth-order valence-corrected chi connectivity index (χ4v) is 5.25. The third kappa shape index (κ3) is 5.88. The summed E-state index contributed by atoms with van der Waals surface area (Å²) in [6.45, 7) is 4.90. The molecule has 0 aliphatic heterocycles. The molecule has 1 aromatic carbocycles. The van der Waals surface area contributed by atoms with Crippen LogP contribution in [0.1, 0.15) is 54.1 Å². The van der Waals surface area contributed by atoms with Gasteiger partial charge in [0.1, 0.15) is 5.15 Å². The molecule has 2 N–H and O–H groups in total. The lowest BCUT2D eigenvalue weighted by Gasteiger charge is -2.40. The number of methoxy groups -OCH3 is 1. The summed E-state index contributed by atoms with van der Waals surface area (Å²) in [4.78, 5) is 32.9. The fraction of sp³-hybridized carbons (Fsp3) is 0.520. The van der Waals surface area contributed by atoms with Crippen LogP contribution >= 0.6 is 23.2 Å². The van der Waals surface area contributed by atoms with E-state index in [1.807, 2.05) is 13.0 Å². The van der Waals surface area contributed by atoms with Crippen molar-refractivity contribution in [3.8, 4) is 5.88 Å². The fourth-order valence-electron chi connectivity index (χ4n) is 4.78. The summed E-state index contributed by atoms with van der Waals surface area (Å²) >= 11 is 12.7. The molecule has 3 rings (SSSR count). The van der Waals surface area contributed by atoms with E-state index >= 15 is 0 Å². The van der Waals surface area contributed by atoms with Gasteiger partial charge < -0.3 is 24.8 Å². The number of anilines is 1. The molecule has 0 spiro atoms. The number of hydrogen-bond donors (Lipinski definition) is 2. The van der Waals surface area contributed by atoms with E-state index in [0.29, 0.717) is 22.7 Å². The van der Waals surface area contributed by atoms with Gasteiger partial charge in [-0.1, -0.05) is 23.2 Å². The number of carbonyl (C=O) groups is 1. The highest BCUT2D eigenvalue weighted by molar-refractivity contribution is 6.31. The van der Waals surface area contributed by atoms with Gasteiger partial charge in [-0.05, 0) is 71.3 Å². The van der Waals surface area contributed by atoms with Gasteiger partial charge in [-0.25, -0.2) is 0 Å². The molecule has 0 radical (unpaired) electrons. The van der Waals surface area contributed by atoms with Crippen molar-refractivity contribution in [2.24, 2.45) is 0 Å². The summed E-state index contributed by atoms with van der Waals surface area (Å²) < 4.78 is 5.02. The number of carbonyl (C=O) groups excluding carboxylic acids is 1. The summed E-state index contributed by atoms with van der Waals surface area (Å²) in [5, 5.41) is 3.46. The molecule has 0 atom stereocenters. The van der Waals surface area contributed by atoms with Crippen LogP contribution in [0.5, 0.6) is 5.88 Å². The first kappa shape index (κ1) is 26.4. The maximum atomic E-state index is 13.1. The number of hydrogen-bond acceptors (Lipinski definition) is 5. The molecular weight excluding hydrogens is 475 g/mol. The lowest BCUT2D eigenvalue weighted by molar-refractivity contribution is 0.0950. The highest BCUT2D eigenvalue weighted by Gasteiger charge is 2.28. The molecule has 1 fully saturated rings. The topological polar surface area (TPSA) is 77.7 Å². The van der Waals surface area contributed by atoms with Crippen LogP contribution in [0.3, 0.4) is 0 Å². The second kappa shape index (κ2) is 11.5. The van der Waals surface area contributed by atoms with Gasteiger partial charge in [-0.2, -0.15) is 0 Å². The molecule has 9 heteroatoms. The third-order valence-electron chi connectivity index (χ3n) is 6.78. The van der Waals surface area contributed by atoms with Crippen LogP contribution in [0.15, 0.2) is 23.0 Å². The van der Waals surface area contributed by atoms with Gasteiger partial charge >= 0.3 is 0 Å². The first-order chi connectivity index (χ1) is 16.2. The van der Waals surface area contributed by atoms with E-state index in [2.05, 4.69) is 41.1 Å². The zero-order valence-electron chi connectivity index (χ0n) is 20.5. The monoisotopic (exact) mass is 508 g/mol. The summed E-state index contributed by atoms with van der Waals surface area (Å²) in [5.41, 5.74) is 2.30. The van der Waals surface area contributed by atoms with Crippen LogP contribution in [-0.2, 0) is 6.54 Å². The maximum absolute atomic E-state index is 13.1. The Bertz CT molecular complexity index is 1080. The van der Waals surface area contributed by atoms with E-state index in [1.165, 1.54) is 13.2 Å². The molecule has 7 nitrogen and oxygen atoms in total. The molecule has 0 unspecified atom stereocenters. The van der Waals surface area contributed by atoms with Crippen molar-refractivity contribution < 1.29 is 9.53 Å². The molecule has 1 heterocycles. The van der Waals surface area contributed by atoms with Crippen molar-refractivity contribution in [3.63, 3.8) is 0 Å². The van der Waals surface area contributed by atoms with Crippen LogP contribution < -0.4 is 20.4 Å². The standard InChI is InChI=1S/C25H34Cl2N4O3/c1-6-31(18-9-7-17(8-10-18)30(3)4)21-12-16(26)11-19(15(21)2)25(33)28-14-20-22(32)13-23(34-5)29-24(20)27/h11-13,17-18H,6-10,14H2,1-5H3,(H,28,33)(H,29,32)/t17-,18-. The molecule has 186 valence electrons. The van der Waals surface area contributed by atoms with Crippen molar-refractivity contribution in [1.29, 1.82) is 0 Å². The number of aromatic nitrogens is 1. The molecule has 1 amide bonds. The van der Waals surface area contributed by atoms with Gasteiger partial charge in [-0.15, -0.1) is 0 Å². The van der Waals surface area contributed by atoms with Crippen molar-refractivity contribution >= 4 is 34.8 Å². The Morgan fingerprint density at radius 3 is 2.35 bits per heavy atom. The summed E-state index contributed by atoms with van der Waals surface area (Å²) in [7, 11) is 5.72. The zero-order chi connectivity index (χ0) is 25.0. The number of ether oxygens (including phenoxy) is 1. The lowest BCUT2D eigenvalue weighted by atomic mass is 9.89. The Morgan fingerprint density at radius 1 is 1.15 bits per heavy atom. The van der Waals surface area contributed by atoms with Gasteiger partial charge in [0, 0.05) is 47.5 Å². The summed E-state index contributed by atoms with van der Waals surface area (Å²) in [6, 6.07) is 5.95. The SMILES string of the molecule is CCN(c1cc(Cl)cc(C(=O)NCc2c(Cl)[nH]c(OC)cc2=O)c1C)[C@H]1CC[C@H](N(C)C)CC1. The molecule has 0 bridgehead atoms. The minimum atomic E-state index is -0.310. The number of halogens is 2. The highest BCUT2D eigenvalue weighted by atomic mass is 35.5. The molecule has 1 aliphatic rings. The van der Waals surface area contributed by atoms with Crippen molar-refractivity contribution in [2.75, 3.05) is 32.6 Å². The van der Waals surface area contributed by atoms with E-state index < -0.39 is 0 Å². The number of rotatable bonds is 8. The zero-order valence-corrected chi connectivity index (χ0v) is 22.0. The first-order valence-electron chi connectivity index (χ1n) is 11.6. The molecular formula is C25H34Cl2N4O3. The van der Waals surface area contributed by atoms with E-state index in [9.17, 15) is 9.59 Å². The third-order valence-corrected chi connectivity index (χ3v) is 7.32. The number of H-pyrrole nitrogens is 1. The molecule has 2 aromatic rings.